The molecule has 0 fully saturated rings. The third kappa shape index (κ3) is 20.1. The molecule has 0 saturated carbocycles. The number of alkyl halides is 1. The Bertz CT molecular complexity index is 1140. The average Bonchev–Trinajstić information content (AvgIpc) is 3.23. The lowest BCUT2D eigenvalue weighted by atomic mass is 9.82. The topological polar surface area (TPSA) is 0 Å². The van der Waals surface area contributed by atoms with Crippen molar-refractivity contribution >= 4 is 11.6 Å². The second kappa shape index (κ2) is 31.9. The van der Waals surface area contributed by atoms with E-state index >= 15 is 0 Å². The molecule has 0 aliphatic heterocycles. The Hall–Kier alpha value is -2.05. The van der Waals surface area contributed by atoms with Crippen LogP contribution in [0, 0.1) is 0 Å². The Balaban J connectivity index is 1.56. The number of rotatable bonds is 36. The summed E-state index contributed by atoms with van der Waals surface area (Å²) in [6, 6.07) is 28.0. The summed E-state index contributed by atoms with van der Waals surface area (Å²) < 4.78 is 0. The minimum absolute atomic E-state index is 0.707. The molecule has 0 spiro atoms. The highest BCUT2D eigenvalue weighted by molar-refractivity contribution is 6.28. The zero-order chi connectivity index (χ0) is 39.8. The van der Waals surface area contributed by atoms with Gasteiger partial charge in [0.05, 0.1) is 0 Å². The Morgan fingerprint density at radius 3 is 0.643 bits per heavy atom. The van der Waals surface area contributed by atoms with Gasteiger partial charge in [-0.15, -0.1) is 11.6 Å². The average molecular weight is 784 g/mol. The molecule has 1 heteroatoms. The number of unbranched alkanes of at least 4 members (excludes halogenated alkanes) is 27. The number of aryl methyl sites for hydroxylation is 3. The predicted octanol–water partition coefficient (Wildman–Crippen LogP) is 18.6. The summed E-state index contributed by atoms with van der Waals surface area (Å²) >= 11 is 7.92. The first-order valence-corrected chi connectivity index (χ1v) is 25.0. The second-order valence-electron chi connectivity index (χ2n) is 17.5. The quantitative estimate of drug-likeness (QED) is 0.0313. The van der Waals surface area contributed by atoms with E-state index in [0.717, 1.165) is 19.3 Å². The van der Waals surface area contributed by atoms with Gasteiger partial charge in [0.15, 0.2) is 0 Å². The van der Waals surface area contributed by atoms with Gasteiger partial charge in [0.25, 0.3) is 0 Å². The maximum Gasteiger partial charge on any atom is 0.119 e. The normalized spacial score (nSPS) is 11.8. The molecule has 0 amide bonds. The van der Waals surface area contributed by atoms with Crippen molar-refractivity contribution in [2.24, 2.45) is 0 Å². The first-order chi connectivity index (χ1) is 27.6. The van der Waals surface area contributed by atoms with E-state index in [4.69, 9.17) is 11.6 Å². The Morgan fingerprint density at radius 1 is 0.268 bits per heavy atom. The molecule has 3 aromatic carbocycles. The van der Waals surface area contributed by atoms with Crippen molar-refractivity contribution < 1.29 is 0 Å². The molecule has 0 aliphatic carbocycles. The zero-order valence-electron chi connectivity index (χ0n) is 37.1. The highest BCUT2D eigenvalue weighted by Gasteiger charge is 2.34. The first-order valence-electron chi connectivity index (χ1n) is 24.6. The molecule has 0 nitrogen and oxygen atoms in total. The lowest BCUT2D eigenvalue weighted by molar-refractivity contribution is 0.556. The van der Waals surface area contributed by atoms with Crippen LogP contribution in [-0.2, 0) is 24.1 Å². The van der Waals surface area contributed by atoms with Gasteiger partial charge in [-0.2, -0.15) is 0 Å². The monoisotopic (exact) mass is 783 g/mol. The van der Waals surface area contributed by atoms with Crippen LogP contribution in [-0.4, -0.2) is 0 Å². The number of hydrogen-bond donors (Lipinski definition) is 0. The van der Waals surface area contributed by atoms with E-state index in [-0.39, 0.29) is 0 Å². The third-order valence-electron chi connectivity index (χ3n) is 12.5. The van der Waals surface area contributed by atoms with Crippen molar-refractivity contribution in [2.75, 3.05) is 0 Å². The van der Waals surface area contributed by atoms with Crippen molar-refractivity contribution in [1.82, 2.24) is 0 Å². The van der Waals surface area contributed by atoms with Gasteiger partial charge in [-0.05, 0) is 71.9 Å². The molecule has 0 aliphatic rings. The summed E-state index contributed by atoms with van der Waals surface area (Å²) in [4.78, 5) is -0.707. The van der Waals surface area contributed by atoms with Crippen LogP contribution in [0.2, 0.25) is 0 Å². The molecule has 0 bridgehead atoms. The van der Waals surface area contributed by atoms with Crippen molar-refractivity contribution in [3.8, 4) is 0 Å². The SMILES string of the molecule is CCCCCCCCCCCCc1ccc(C(Cl)(c2ccc(CCCCCCCCCCCC)cc2)c2ccc(CCCCCCCCCCCC)cc2)cc1. The molecule has 56 heavy (non-hydrogen) atoms. The minimum atomic E-state index is -0.707. The number of halogens is 1. The van der Waals surface area contributed by atoms with Crippen LogP contribution in [0.3, 0.4) is 0 Å². The maximum atomic E-state index is 7.92. The van der Waals surface area contributed by atoms with E-state index in [1.807, 2.05) is 0 Å². The minimum Gasteiger partial charge on any atom is -0.104 e. The van der Waals surface area contributed by atoms with Crippen molar-refractivity contribution in [3.63, 3.8) is 0 Å². The lowest BCUT2D eigenvalue weighted by Gasteiger charge is -2.30. The van der Waals surface area contributed by atoms with Gasteiger partial charge in [-0.25, -0.2) is 0 Å². The lowest BCUT2D eigenvalue weighted by Crippen LogP contribution is -2.22. The summed E-state index contributed by atoms with van der Waals surface area (Å²) in [6.45, 7) is 6.90. The molecule has 0 radical (unpaired) electrons. The largest absolute Gasteiger partial charge is 0.119 e. The van der Waals surface area contributed by atoms with Crippen LogP contribution in [0.5, 0.6) is 0 Å². The highest BCUT2D eigenvalue weighted by Crippen LogP contribution is 2.43. The van der Waals surface area contributed by atoms with Crippen LogP contribution in [0.1, 0.15) is 247 Å². The molecule has 3 rings (SSSR count). The van der Waals surface area contributed by atoms with Gasteiger partial charge < -0.3 is 0 Å². The molecule has 0 unspecified atom stereocenters. The fraction of sp³-hybridized carbons (Fsp3) is 0.673. The van der Waals surface area contributed by atoms with E-state index in [2.05, 4.69) is 93.6 Å². The Labute approximate surface area is 353 Å². The van der Waals surface area contributed by atoms with Gasteiger partial charge in [-0.3, -0.25) is 0 Å². The van der Waals surface area contributed by atoms with Gasteiger partial charge in [-0.1, -0.05) is 267 Å². The molecule has 0 heterocycles. The summed E-state index contributed by atoms with van der Waals surface area (Å²) in [6.07, 6.45) is 44.9. The molecular weight excluding hydrogens is 696 g/mol. The summed E-state index contributed by atoms with van der Waals surface area (Å²) in [5, 5.41) is 0. The Kier molecular flexibility index (Phi) is 27.5. The highest BCUT2D eigenvalue weighted by atomic mass is 35.5. The predicted molar refractivity (Wildman–Crippen MR) is 252 cm³/mol. The summed E-state index contributed by atoms with van der Waals surface area (Å²) in [5.74, 6) is 0. The van der Waals surface area contributed by atoms with Crippen LogP contribution in [0.25, 0.3) is 0 Å². The molecule has 314 valence electrons. The van der Waals surface area contributed by atoms with Crippen LogP contribution in [0.15, 0.2) is 72.8 Å². The Morgan fingerprint density at radius 2 is 0.446 bits per heavy atom. The first kappa shape index (κ1) is 48.3. The van der Waals surface area contributed by atoms with E-state index in [9.17, 15) is 0 Å². The van der Waals surface area contributed by atoms with E-state index < -0.39 is 4.87 Å². The van der Waals surface area contributed by atoms with Crippen LogP contribution >= 0.6 is 11.6 Å². The summed E-state index contributed by atoms with van der Waals surface area (Å²) in [5.41, 5.74) is 7.84. The molecule has 0 aromatic heterocycles. The van der Waals surface area contributed by atoms with Gasteiger partial charge in [0.1, 0.15) is 4.87 Å². The molecule has 0 N–H and O–H groups in total. The van der Waals surface area contributed by atoms with Gasteiger partial charge in [0, 0.05) is 0 Å². The smallest absolute Gasteiger partial charge is 0.104 e. The van der Waals surface area contributed by atoms with E-state index in [0.29, 0.717) is 0 Å². The summed E-state index contributed by atoms with van der Waals surface area (Å²) in [7, 11) is 0. The third-order valence-corrected chi connectivity index (χ3v) is 13.2. The van der Waals surface area contributed by atoms with Crippen molar-refractivity contribution in [1.29, 1.82) is 0 Å². The van der Waals surface area contributed by atoms with Crippen LogP contribution in [0.4, 0.5) is 0 Å². The van der Waals surface area contributed by atoms with Crippen molar-refractivity contribution in [2.45, 2.75) is 238 Å². The molecule has 3 aromatic rings. The fourth-order valence-electron chi connectivity index (χ4n) is 8.65. The number of benzene rings is 3. The van der Waals surface area contributed by atoms with E-state index in [1.165, 1.54) is 226 Å². The van der Waals surface area contributed by atoms with Crippen molar-refractivity contribution in [3.05, 3.63) is 106 Å². The molecular formula is C55H87Cl. The van der Waals surface area contributed by atoms with Gasteiger partial charge in [0.2, 0.25) is 0 Å². The fourth-order valence-corrected chi connectivity index (χ4v) is 9.03. The molecule has 0 atom stereocenters. The zero-order valence-corrected chi connectivity index (χ0v) is 37.9. The van der Waals surface area contributed by atoms with E-state index in [1.54, 1.807) is 0 Å². The molecule has 0 saturated heterocycles. The number of hydrogen-bond acceptors (Lipinski definition) is 0. The standard InChI is InChI=1S/C55H87Cl/c1-4-7-10-13-16-19-22-25-28-31-34-49-37-43-52(44-38-49)55(56,53-45-39-50(40-46-53)35-32-29-26-23-20-17-14-11-8-5-2)54-47-41-51(42-48-54)36-33-30-27-24-21-18-15-12-9-6-3/h37-48H,4-36H2,1-3H3. The maximum absolute atomic E-state index is 7.92. The second-order valence-corrected chi connectivity index (χ2v) is 18.1. The van der Waals surface area contributed by atoms with Gasteiger partial charge >= 0.3 is 0 Å². The van der Waals surface area contributed by atoms with Crippen LogP contribution < -0.4 is 0 Å².